The normalized spacial score (nSPS) is 10.8. The highest BCUT2D eigenvalue weighted by atomic mass is 35.5. The summed E-state index contributed by atoms with van der Waals surface area (Å²) in [4.78, 5) is 24.0. The Hall–Kier alpha value is -2.79. The van der Waals surface area contributed by atoms with Gasteiger partial charge in [0.15, 0.2) is 12.4 Å². The van der Waals surface area contributed by atoms with Crippen molar-refractivity contribution in [3.8, 4) is 17.1 Å². The fraction of sp³-hybridized carbons (Fsp3) is 0.158. The third-order valence-electron chi connectivity index (χ3n) is 3.80. The lowest BCUT2D eigenvalue weighted by atomic mass is 10.1. The number of ether oxygens (including phenoxy) is 1. The fourth-order valence-corrected chi connectivity index (χ4v) is 2.63. The molecule has 0 saturated heterocycles. The molecule has 0 saturated carbocycles. The quantitative estimate of drug-likeness (QED) is 0.773. The van der Waals surface area contributed by atoms with Gasteiger partial charge in [0.25, 0.3) is 5.91 Å². The number of halogens is 1. The first kappa shape index (κ1) is 17.0. The highest BCUT2D eigenvalue weighted by Crippen LogP contribution is 2.32. The van der Waals surface area contributed by atoms with E-state index >= 15 is 0 Å². The Kier molecular flexibility index (Phi) is 4.51. The van der Waals surface area contributed by atoms with Gasteiger partial charge in [-0.15, -0.1) is 0 Å². The van der Waals surface area contributed by atoms with Gasteiger partial charge >= 0.3 is 0 Å². The molecule has 0 atom stereocenters. The summed E-state index contributed by atoms with van der Waals surface area (Å²) in [6, 6.07) is 10.7. The number of primary amides is 1. The van der Waals surface area contributed by atoms with Crippen molar-refractivity contribution < 1.29 is 13.9 Å². The van der Waals surface area contributed by atoms with Crippen LogP contribution in [-0.2, 0) is 4.79 Å². The van der Waals surface area contributed by atoms with Crippen molar-refractivity contribution in [3.63, 3.8) is 0 Å². The lowest BCUT2D eigenvalue weighted by Gasteiger charge is -2.11. The fourth-order valence-electron chi connectivity index (χ4n) is 2.47. The maximum absolute atomic E-state index is 12.9. The van der Waals surface area contributed by atoms with Gasteiger partial charge in [0.1, 0.15) is 5.58 Å². The van der Waals surface area contributed by atoms with E-state index in [1.165, 1.54) is 6.07 Å². The van der Waals surface area contributed by atoms with Crippen LogP contribution in [0.2, 0.25) is 5.02 Å². The molecule has 0 aliphatic rings. The standard InChI is InChI=1S/C19H16ClNO4/c1-10-3-5-12(6-4-10)18-19(24-9-16(21)22)17(23)13-8-14(20)11(2)7-15(13)25-18/h3-8H,9H2,1-2H3,(H2,21,22). The summed E-state index contributed by atoms with van der Waals surface area (Å²) in [6.45, 7) is 3.36. The lowest BCUT2D eigenvalue weighted by Crippen LogP contribution is -2.22. The van der Waals surface area contributed by atoms with Crippen LogP contribution in [0.1, 0.15) is 11.1 Å². The SMILES string of the molecule is Cc1ccc(-c2oc3cc(C)c(Cl)cc3c(=O)c2OCC(N)=O)cc1. The summed E-state index contributed by atoms with van der Waals surface area (Å²) < 4.78 is 11.3. The summed E-state index contributed by atoms with van der Waals surface area (Å²) in [5.74, 6) is -0.494. The zero-order valence-electron chi connectivity index (χ0n) is 13.8. The van der Waals surface area contributed by atoms with Crippen LogP contribution in [0.25, 0.3) is 22.3 Å². The monoisotopic (exact) mass is 357 g/mol. The minimum Gasteiger partial charge on any atom is -0.476 e. The summed E-state index contributed by atoms with van der Waals surface area (Å²) in [5.41, 5.74) is 7.65. The molecule has 1 amide bonds. The number of amides is 1. The van der Waals surface area contributed by atoms with Crippen molar-refractivity contribution >= 4 is 28.5 Å². The summed E-state index contributed by atoms with van der Waals surface area (Å²) in [5, 5.41) is 0.731. The molecule has 1 heterocycles. The number of rotatable bonds is 4. The molecule has 1 aromatic heterocycles. The molecular formula is C19H16ClNO4. The summed E-state index contributed by atoms with van der Waals surface area (Å²) in [7, 11) is 0. The number of carbonyl (C=O) groups is 1. The zero-order valence-corrected chi connectivity index (χ0v) is 14.5. The van der Waals surface area contributed by atoms with Gasteiger partial charge in [0, 0.05) is 10.6 Å². The van der Waals surface area contributed by atoms with E-state index in [4.69, 9.17) is 26.5 Å². The third kappa shape index (κ3) is 3.37. The number of benzene rings is 2. The molecule has 0 fully saturated rings. The van der Waals surface area contributed by atoms with Crippen LogP contribution in [0.3, 0.4) is 0 Å². The molecule has 0 aliphatic heterocycles. The van der Waals surface area contributed by atoms with Crippen LogP contribution in [-0.4, -0.2) is 12.5 Å². The first-order valence-corrected chi connectivity index (χ1v) is 7.99. The number of nitrogens with two attached hydrogens (primary N) is 1. The molecule has 0 spiro atoms. The van der Waals surface area contributed by atoms with Gasteiger partial charge in [-0.1, -0.05) is 41.4 Å². The predicted molar refractivity (Wildman–Crippen MR) is 97.1 cm³/mol. The van der Waals surface area contributed by atoms with Gasteiger partial charge in [0.2, 0.25) is 11.2 Å². The van der Waals surface area contributed by atoms with E-state index in [0.717, 1.165) is 11.1 Å². The number of hydrogen-bond donors (Lipinski definition) is 1. The smallest absolute Gasteiger partial charge is 0.255 e. The maximum atomic E-state index is 12.9. The Bertz CT molecular complexity index is 1020. The molecule has 6 heteroatoms. The second-order valence-corrected chi connectivity index (χ2v) is 6.22. The second-order valence-electron chi connectivity index (χ2n) is 5.81. The van der Waals surface area contributed by atoms with Crippen molar-refractivity contribution in [3.05, 3.63) is 62.8 Å². The number of fused-ring (bicyclic) bond motifs is 1. The average molecular weight is 358 g/mol. The van der Waals surface area contributed by atoms with E-state index in [-0.39, 0.29) is 16.9 Å². The van der Waals surface area contributed by atoms with Crippen molar-refractivity contribution in [2.24, 2.45) is 5.73 Å². The summed E-state index contributed by atoms with van der Waals surface area (Å²) in [6.07, 6.45) is 0. The Labute approximate surface area is 149 Å². The topological polar surface area (TPSA) is 82.5 Å². The van der Waals surface area contributed by atoms with Crippen LogP contribution in [0.4, 0.5) is 0 Å². The van der Waals surface area contributed by atoms with E-state index in [2.05, 4.69) is 0 Å². The van der Waals surface area contributed by atoms with E-state index in [0.29, 0.717) is 16.2 Å². The van der Waals surface area contributed by atoms with E-state index < -0.39 is 17.9 Å². The number of hydrogen-bond acceptors (Lipinski definition) is 4. The molecule has 3 rings (SSSR count). The highest BCUT2D eigenvalue weighted by Gasteiger charge is 2.19. The predicted octanol–water partition coefficient (Wildman–Crippen LogP) is 3.59. The van der Waals surface area contributed by atoms with E-state index in [1.807, 2.05) is 38.1 Å². The Morgan fingerprint density at radius 1 is 1.20 bits per heavy atom. The minimum absolute atomic E-state index is 0.0601. The number of aryl methyl sites for hydroxylation is 2. The molecule has 0 bridgehead atoms. The Balaban J connectivity index is 2.29. The van der Waals surface area contributed by atoms with Crippen molar-refractivity contribution in [1.82, 2.24) is 0 Å². The molecule has 0 aliphatic carbocycles. The lowest BCUT2D eigenvalue weighted by molar-refractivity contribution is -0.119. The first-order valence-electron chi connectivity index (χ1n) is 7.62. The molecule has 5 nitrogen and oxygen atoms in total. The Morgan fingerprint density at radius 3 is 2.52 bits per heavy atom. The van der Waals surface area contributed by atoms with Crippen molar-refractivity contribution in [2.45, 2.75) is 13.8 Å². The van der Waals surface area contributed by atoms with Gasteiger partial charge in [-0.3, -0.25) is 9.59 Å². The van der Waals surface area contributed by atoms with Gasteiger partial charge in [-0.2, -0.15) is 0 Å². The first-order chi connectivity index (χ1) is 11.9. The molecule has 2 N–H and O–H groups in total. The second kappa shape index (κ2) is 6.61. The van der Waals surface area contributed by atoms with Gasteiger partial charge in [0.05, 0.1) is 5.39 Å². The molecule has 2 aromatic carbocycles. The van der Waals surface area contributed by atoms with Crippen molar-refractivity contribution in [2.75, 3.05) is 6.61 Å². The molecule has 128 valence electrons. The third-order valence-corrected chi connectivity index (χ3v) is 4.21. The molecule has 0 radical (unpaired) electrons. The average Bonchev–Trinajstić information content (AvgIpc) is 2.56. The van der Waals surface area contributed by atoms with Gasteiger partial charge < -0.3 is 14.9 Å². The maximum Gasteiger partial charge on any atom is 0.255 e. The molecule has 25 heavy (non-hydrogen) atoms. The molecule has 3 aromatic rings. The van der Waals surface area contributed by atoms with Crippen LogP contribution in [0.15, 0.2) is 45.6 Å². The van der Waals surface area contributed by atoms with E-state index in [1.54, 1.807) is 6.07 Å². The Morgan fingerprint density at radius 2 is 1.88 bits per heavy atom. The van der Waals surface area contributed by atoms with Crippen LogP contribution >= 0.6 is 11.6 Å². The number of carbonyl (C=O) groups excluding carboxylic acids is 1. The summed E-state index contributed by atoms with van der Waals surface area (Å²) >= 11 is 6.12. The van der Waals surface area contributed by atoms with Gasteiger partial charge in [-0.25, -0.2) is 0 Å². The van der Waals surface area contributed by atoms with Gasteiger partial charge in [-0.05, 0) is 31.5 Å². The molecular weight excluding hydrogens is 342 g/mol. The molecule has 0 unspecified atom stereocenters. The largest absolute Gasteiger partial charge is 0.476 e. The van der Waals surface area contributed by atoms with Crippen LogP contribution in [0.5, 0.6) is 5.75 Å². The highest BCUT2D eigenvalue weighted by molar-refractivity contribution is 6.32. The van der Waals surface area contributed by atoms with Crippen molar-refractivity contribution in [1.29, 1.82) is 0 Å². The minimum atomic E-state index is -0.684. The van der Waals surface area contributed by atoms with Crippen LogP contribution < -0.4 is 15.9 Å². The zero-order chi connectivity index (χ0) is 18.1. The van der Waals surface area contributed by atoms with Crippen LogP contribution in [0, 0.1) is 13.8 Å². The van der Waals surface area contributed by atoms with E-state index in [9.17, 15) is 9.59 Å².